The van der Waals surface area contributed by atoms with Crippen molar-refractivity contribution in [3.8, 4) is 5.82 Å². The van der Waals surface area contributed by atoms with E-state index in [-0.39, 0.29) is 11.9 Å². The quantitative estimate of drug-likeness (QED) is 0.569. The first-order chi connectivity index (χ1) is 13.3. The Balaban J connectivity index is 1.52. The van der Waals surface area contributed by atoms with Crippen LogP contribution in [0.1, 0.15) is 22.0 Å². The maximum atomic E-state index is 12.7. The molecule has 1 N–H and O–H groups in total. The van der Waals surface area contributed by atoms with Crippen LogP contribution in [0.15, 0.2) is 79.8 Å². The van der Waals surface area contributed by atoms with Crippen LogP contribution in [0.3, 0.4) is 0 Å². The van der Waals surface area contributed by atoms with Gasteiger partial charge in [-0.15, -0.1) is 0 Å². The topological polar surface area (TPSA) is 90.5 Å². The monoisotopic (exact) mass is 359 g/mol. The number of rotatable bonds is 6. The first kappa shape index (κ1) is 16.6. The van der Waals surface area contributed by atoms with Crippen LogP contribution in [0, 0.1) is 0 Å². The van der Waals surface area contributed by atoms with Gasteiger partial charge in [-0.25, -0.2) is 14.6 Å². The number of carbonyl (C=O) groups is 1. The first-order valence-corrected chi connectivity index (χ1v) is 8.44. The fraction of sp³-hybridized carbons (Fsp3) is 0.105. The molecule has 8 nitrogen and oxygen atoms in total. The number of benzene rings is 1. The average Bonchev–Trinajstić information content (AvgIpc) is 3.42. The normalized spacial score (nSPS) is 11.9. The van der Waals surface area contributed by atoms with E-state index in [4.69, 9.17) is 0 Å². The van der Waals surface area contributed by atoms with Crippen LogP contribution in [0.4, 0.5) is 0 Å². The molecule has 1 amide bonds. The van der Waals surface area contributed by atoms with Crippen molar-refractivity contribution in [1.82, 2.24) is 34.8 Å². The molecule has 1 unspecified atom stereocenters. The zero-order chi connectivity index (χ0) is 18.5. The SMILES string of the molecule is O=C(NC(Cn1cncn1)c1ccccc1)c1ccc(-n2cccn2)nc1. The molecule has 134 valence electrons. The Morgan fingerprint density at radius 2 is 1.96 bits per heavy atom. The Morgan fingerprint density at radius 3 is 2.63 bits per heavy atom. The summed E-state index contributed by atoms with van der Waals surface area (Å²) in [6.07, 6.45) is 8.12. The molecule has 1 atom stereocenters. The van der Waals surface area contributed by atoms with Crippen molar-refractivity contribution in [1.29, 1.82) is 0 Å². The number of carbonyl (C=O) groups excluding carboxylic acids is 1. The summed E-state index contributed by atoms with van der Waals surface area (Å²) in [7, 11) is 0. The van der Waals surface area contributed by atoms with Gasteiger partial charge in [0.05, 0.1) is 18.2 Å². The average molecular weight is 359 g/mol. The van der Waals surface area contributed by atoms with Crippen molar-refractivity contribution in [3.63, 3.8) is 0 Å². The van der Waals surface area contributed by atoms with E-state index in [1.807, 2.05) is 36.4 Å². The molecule has 0 aliphatic heterocycles. The number of pyridine rings is 1. The summed E-state index contributed by atoms with van der Waals surface area (Å²) in [5.41, 5.74) is 1.47. The number of amides is 1. The smallest absolute Gasteiger partial charge is 0.253 e. The van der Waals surface area contributed by atoms with E-state index in [2.05, 4.69) is 25.5 Å². The second kappa shape index (κ2) is 7.61. The Morgan fingerprint density at radius 1 is 1.07 bits per heavy atom. The van der Waals surface area contributed by atoms with Gasteiger partial charge >= 0.3 is 0 Å². The fourth-order valence-corrected chi connectivity index (χ4v) is 2.74. The van der Waals surface area contributed by atoms with Gasteiger partial charge in [0.1, 0.15) is 12.7 Å². The second-order valence-electron chi connectivity index (χ2n) is 5.91. The molecule has 3 heterocycles. The summed E-state index contributed by atoms with van der Waals surface area (Å²) in [5, 5.41) is 11.3. The number of hydrogen-bond donors (Lipinski definition) is 1. The van der Waals surface area contributed by atoms with Crippen LogP contribution in [0.2, 0.25) is 0 Å². The van der Waals surface area contributed by atoms with Crippen LogP contribution < -0.4 is 5.32 Å². The third kappa shape index (κ3) is 3.90. The van der Waals surface area contributed by atoms with E-state index in [1.165, 1.54) is 6.33 Å². The molecule has 8 heteroatoms. The van der Waals surface area contributed by atoms with Crippen LogP contribution in [0.5, 0.6) is 0 Å². The van der Waals surface area contributed by atoms with Gasteiger partial charge in [0.25, 0.3) is 5.91 Å². The standard InChI is InChI=1S/C19H17N7O/c27-19(16-7-8-18(21-11-16)26-10-4-9-22-26)24-17(12-25-14-20-13-23-25)15-5-2-1-3-6-15/h1-11,13-14,17H,12H2,(H,24,27). The van der Waals surface area contributed by atoms with E-state index in [9.17, 15) is 4.79 Å². The molecule has 0 radical (unpaired) electrons. The molecule has 4 rings (SSSR count). The van der Waals surface area contributed by atoms with Crippen molar-refractivity contribution in [2.75, 3.05) is 0 Å². The van der Waals surface area contributed by atoms with Gasteiger partial charge in [-0.05, 0) is 23.8 Å². The lowest BCUT2D eigenvalue weighted by Gasteiger charge is -2.19. The van der Waals surface area contributed by atoms with Crippen molar-refractivity contribution in [2.45, 2.75) is 12.6 Å². The zero-order valence-electron chi connectivity index (χ0n) is 14.4. The van der Waals surface area contributed by atoms with Crippen molar-refractivity contribution < 1.29 is 4.79 Å². The fourth-order valence-electron chi connectivity index (χ4n) is 2.74. The highest BCUT2D eigenvalue weighted by atomic mass is 16.1. The minimum Gasteiger partial charge on any atom is -0.343 e. The van der Waals surface area contributed by atoms with Gasteiger partial charge in [-0.3, -0.25) is 9.48 Å². The van der Waals surface area contributed by atoms with E-state index in [0.717, 1.165) is 5.56 Å². The summed E-state index contributed by atoms with van der Waals surface area (Å²) in [6, 6.07) is 14.8. The molecule has 0 bridgehead atoms. The molecular formula is C19H17N7O. The summed E-state index contributed by atoms with van der Waals surface area (Å²) in [4.78, 5) is 21.0. The lowest BCUT2D eigenvalue weighted by atomic mass is 10.1. The van der Waals surface area contributed by atoms with Crippen LogP contribution in [-0.4, -0.2) is 35.4 Å². The molecule has 0 saturated carbocycles. The van der Waals surface area contributed by atoms with E-state index in [1.54, 1.807) is 46.4 Å². The third-order valence-corrected chi connectivity index (χ3v) is 4.09. The predicted octanol–water partition coefficient (Wildman–Crippen LogP) is 2.03. The molecule has 0 fully saturated rings. The zero-order valence-corrected chi connectivity index (χ0v) is 14.4. The molecular weight excluding hydrogens is 342 g/mol. The number of aromatic nitrogens is 6. The highest BCUT2D eigenvalue weighted by molar-refractivity contribution is 5.94. The lowest BCUT2D eigenvalue weighted by Crippen LogP contribution is -2.31. The van der Waals surface area contributed by atoms with Gasteiger partial charge in [-0.2, -0.15) is 10.2 Å². The van der Waals surface area contributed by atoms with Gasteiger partial charge in [0.2, 0.25) is 0 Å². The van der Waals surface area contributed by atoms with Crippen LogP contribution >= 0.6 is 0 Å². The summed E-state index contributed by atoms with van der Waals surface area (Å²) in [6.45, 7) is 0.481. The summed E-state index contributed by atoms with van der Waals surface area (Å²) < 4.78 is 3.33. The molecule has 0 aliphatic rings. The predicted molar refractivity (Wildman–Crippen MR) is 98.0 cm³/mol. The van der Waals surface area contributed by atoms with Gasteiger partial charge in [-0.1, -0.05) is 30.3 Å². The summed E-state index contributed by atoms with van der Waals surface area (Å²) in [5.74, 6) is 0.447. The van der Waals surface area contributed by atoms with Crippen LogP contribution in [0.25, 0.3) is 5.82 Å². The van der Waals surface area contributed by atoms with E-state index in [0.29, 0.717) is 17.9 Å². The number of nitrogens with zero attached hydrogens (tertiary/aromatic N) is 6. The lowest BCUT2D eigenvalue weighted by molar-refractivity contribution is 0.0931. The highest BCUT2D eigenvalue weighted by Crippen LogP contribution is 2.16. The van der Waals surface area contributed by atoms with Gasteiger partial charge in [0.15, 0.2) is 5.82 Å². The van der Waals surface area contributed by atoms with Crippen molar-refractivity contribution in [3.05, 3.63) is 90.9 Å². The molecule has 0 saturated heterocycles. The van der Waals surface area contributed by atoms with Gasteiger partial charge in [0, 0.05) is 18.6 Å². The maximum absolute atomic E-state index is 12.7. The van der Waals surface area contributed by atoms with Crippen molar-refractivity contribution in [2.24, 2.45) is 0 Å². The Hall–Kier alpha value is -3.81. The molecule has 0 aliphatic carbocycles. The maximum Gasteiger partial charge on any atom is 0.253 e. The number of nitrogens with one attached hydrogen (secondary N) is 1. The number of hydrogen-bond acceptors (Lipinski definition) is 5. The van der Waals surface area contributed by atoms with E-state index < -0.39 is 0 Å². The Kier molecular flexibility index (Phi) is 4.69. The first-order valence-electron chi connectivity index (χ1n) is 8.44. The molecule has 1 aromatic carbocycles. The second-order valence-corrected chi connectivity index (χ2v) is 5.91. The minimum atomic E-state index is -0.244. The van der Waals surface area contributed by atoms with Gasteiger partial charge < -0.3 is 5.32 Å². The van der Waals surface area contributed by atoms with E-state index >= 15 is 0 Å². The Labute approximate surface area is 155 Å². The van der Waals surface area contributed by atoms with Crippen LogP contribution in [-0.2, 0) is 6.54 Å². The highest BCUT2D eigenvalue weighted by Gasteiger charge is 2.17. The Bertz CT molecular complexity index is 981. The minimum absolute atomic E-state index is 0.205. The third-order valence-electron chi connectivity index (χ3n) is 4.09. The summed E-state index contributed by atoms with van der Waals surface area (Å²) >= 11 is 0. The molecule has 0 spiro atoms. The molecule has 4 aromatic rings. The molecule has 27 heavy (non-hydrogen) atoms. The molecule has 3 aromatic heterocycles. The van der Waals surface area contributed by atoms with Crippen molar-refractivity contribution >= 4 is 5.91 Å². The largest absolute Gasteiger partial charge is 0.343 e.